The monoisotopic (exact) mass is 524 g/mol. The molecule has 2 saturated heterocycles. The number of amides is 3. The van der Waals surface area contributed by atoms with Crippen molar-refractivity contribution in [3.63, 3.8) is 0 Å². The van der Waals surface area contributed by atoms with Gasteiger partial charge in [0, 0.05) is 45.0 Å². The minimum absolute atomic E-state index is 0.138. The van der Waals surface area contributed by atoms with E-state index in [2.05, 4.69) is 34.2 Å². The Morgan fingerprint density at radius 2 is 1.61 bits per heavy atom. The quantitative estimate of drug-likeness (QED) is 0.582. The van der Waals surface area contributed by atoms with E-state index in [-0.39, 0.29) is 17.8 Å². The lowest BCUT2D eigenvalue weighted by atomic mass is 10.0. The lowest BCUT2D eigenvalue weighted by Crippen LogP contribution is -2.58. The number of urea groups is 1. The van der Waals surface area contributed by atoms with Crippen LogP contribution in [0.2, 0.25) is 0 Å². The molecule has 3 N–H and O–H groups in total. The van der Waals surface area contributed by atoms with Crippen LogP contribution in [0.4, 0.5) is 10.6 Å². The number of hydrogen-bond donors (Lipinski definition) is 2. The van der Waals surface area contributed by atoms with Gasteiger partial charge in [0.25, 0.3) is 0 Å². The number of piperidine rings is 1. The molecule has 206 valence electrons. The van der Waals surface area contributed by atoms with Crippen molar-refractivity contribution >= 4 is 17.8 Å². The highest BCUT2D eigenvalue weighted by Crippen LogP contribution is 2.18. The molecule has 11 nitrogen and oxygen atoms in total. The minimum atomic E-state index is -0.943. The Hall–Kier alpha value is -3.28. The Bertz CT molecular complexity index is 1170. The van der Waals surface area contributed by atoms with Crippen molar-refractivity contribution < 1.29 is 9.59 Å². The van der Waals surface area contributed by atoms with E-state index < -0.39 is 11.2 Å². The van der Waals surface area contributed by atoms with E-state index >= 15 is 0 Å². The van der Waals surface area contributed by atoms with Gasteiger partial charge in [-0.15, -0.1) is 0 Å². The zero-order chi connectivity index (χ0) is 27.4. The molecular weight excluding hydrogens is 484 g/mol. The number of carbonyl (C=O) groups excluding carboxylic acids is 2. The molecule has 0 saturated carbocycles. The second-order valence-corrected chi connectivity index (χ2v) is 11.0. The first kappa shape index (κ1) is 27.7. The number of aromatic nitrogens is 2. The summed E-state index contributed by atoms with van der Waals surface area (Å²) in [5.74, 6) is 0.0519. The molecule has 38 heavy (non-hydrogen) atoms. The summed E-state index contributed by atoms with van der Waals surface area (Å²) >= 11 is 0. The van der Waals surface area contributed by atoms with Crippen LogP contribution >= 0.6 is 0 Å². The van der Waals surface area contributed by atoms with E-state index in [1.165, 1.54) is 23.0 Å². The molecule has 0 atom stereocenters. The van der Waals surface area contributed by atoms with Gasteiger partial charge in [-0.2, -0.15) is 4.98 Å². The SMILES string of the molecule is CN(C)C1CCN(Cc2ccc(-n3ccc(NC(=O)N4CCN(C(=O)C(C)(C)N)CC4)nc3=O)cc2)CC1. The van der Waals surface area contributed by atoms with E-state index in [0.29, 0.717) is 32.2 Å². The standard InChI is InChI=1S/C27H40N8O3/c1-27(2,28)24(36)33-15-17-34(18-16-33)25(37)29-23-11-14-35(26(38)30-23)22-7-5-20(6-8-22)19-32-12-9-21(10-13-32)31(3)4/h5-8,11,14,21H,9-10,12-13,15-19,28H2,1-4H3,(H,29,30,37,38). The molecule has 0 aliphatic carbocycles. The molecule has 2 aliphatic rings. The lowest BCUT2D eigenvalue weighted by molar-refractivity contribution is -0.137. The van der Waals surface area contributed by atoms with E-state index in [1.807, 2.05) is 24.3 Å². The van der Waals surface area contributed by atoms with Crippen LogP contribution in [0, 0.1) is 0 Å². The van der Waals surface area contributed by atoms with E-state index in [1.54, 1.807) is 35.9 Å². The molecule has 3 amide bonds. The average Bonchev–Trinajstić information content (AvgIpc) is 2.89. The summed E-state index contributed by atoms with van der Waals surface area (Å²) in [6, 6.07) is 9.86. The molecule has 0 unspecified atom stereocenters. The van der Waals surface area contributed by atoms with Crippen LogP contribution in [0.5, 0.6) is 0 Å². The number of nitrogens with one attached hydrogen (secondary N) is 1. The number of anilines is 1. The third-order valence-corrected chi connectivity index (χ3v) is 7.35. The number of carbonyl (C=O) groups is 2. The normalized spacial score (nSPS) is 17.6. The van der Waals surface area contributed by atoms with Crippen molar-refractivity contribution in [2.24, 2.45) is 5.73 Å². The van der Waals surface area contributed by atoms with Crippen LogP contribution in [0.1, 0.15) is 32.3 Å². The summed E-state index contributed by atoms with van der Waals surface area (Å²) in [5, 5.41) is 2.70. The largest absolute Gasteiger partial charge is 0.354 e. The van der Waals surface area contributed by atoms with Crippen LogP contribution in [0.3, 0.4) is 0 Å². The Balaban J connectivity index is 1.30. The number of hydrogen-bond acceptors (Lipinski definition) is 7. The predicted molar refractivity (Wildman–Crippen MR) is 147 cm³/mol. The first-order valence-corrected chi connectivity index (χ1v) is 13.2. The molecule has 2 fully saturated rings. The van der Waals surface area contributed by atoms with Gasteiger partial charge in [-0.25, -0.2) is 9.59 Å². The summed E-state index contributed by atoms with van der Waals surface area (Å²) in [6.07, 6.45) is 3.97. The third kappa shape index (κ3) is 6.77. The Morgan fingerprint density at radius 1 is 1.00 bits per heavy atom. The van der Waals surface area contributed by atoms with Gasteiger partial charge in [-0.1, -0.05) is 12.1 Å². The highest BCUT2D eigenvalue weighted by atomic mass is 16.2. The Labute approximate surface area is 224 Å². The molecule has 2 aromatic rings. The second-order valence-electron chi connectivity index (χ2n) is 11.0. The molecule has 0 radical (unpaired) electrons. The lowest BCUT2D eigenvalue weighted by Gasteiger charge is -2.37. The smallest absolute Gasteiger partial charge is 0.338 e. The molecule has 1 aromatic heterocycles. The van der Waals surface area contributed by atoms with E-state index in [0.717, 1.165) is 25.3 Å². The van der Waals surface area contributed by atoms with Gasteiger partial charge in [0.05, 0.1) is 11.2 Å². The topological polar surface area (TPSA) is 120 Å². The fourth-order valence-electron chi connectivity index (χ4n) is 4.99. The van der Waals surface area contributed by atoms with Crippen LogP contribution < -0.4 is 16.7 Å². The molecule has 1 aromatic carbocycles. The highest BCUT2D eigenvalue weighted by molar-refractivity contribution is 5.89. The van der Waals surface area contributed by atoms with Crippen LogP contribution in [0.25, 0.3) is 5.69 Å². The van der Waals surface area contributed by atoms with Crippen molar-refractivity contribution in [1.82, 2.24) is 29.2 Å². The van der Waals surface area contributed by atoms with Gasteiger partial charge in [0.1, 0.15) is 5.82 Å². The van der Waals surface area contributed by atoms with Crippen LogP contribution in [0.15, 0.2) is 41.3 Å². The molecule has 11 heteroatoms. The van der Waals surface area contributed by atoms with Gasteiger partial charge in [-0.3, -0.25) is 19.6 Å². The van der Waals surface area contributed by atoms with Gasteiger partial charge in [0.2, 0.25) is 5.91 Å². The maximum atomic E-state index is 12.7. The van der Waals surface area contributed by atoms with Crippen molar-refractivity contribution in [3.05, 3.63) is 52.6 Å². The first-order chi connectivity index (χ1) is 18.0. The van der Waals surface area contributed by atoms with Crippen molar-refractivity contribution in [2.75, 3.05) is 58.7 Å². The summed E-state index contributed by atoms with van der Waals surface area (Å²) in [5.41, 5.74) is 6.42. The molecule has 0 spiro atoms. The zero-order valence-corrected chi connectivity index (χ0v) is 22.9. The summed E-state index contributed by atoms with van der Waals surface area (Å²) < 4.78 is 1.46. The minimum Gasteiger partial charge on any atom is -0.338 e. The average molecular weight is 525 g/mol. The van der Waals surface area contributed by atoms with Gasteiger partial charge >= 0.3 is 11.7 Å². The number of rotatable bonds is 6. The van der Waals surface area contributed by atoms with E-state index in [9.17, 15) is 14.4 Å². The first-order valence-electron chi connectivity index (χ1n) is 13.2. The summed E-state index contributed by atoms with van der Waals surface area (Å²) in [4.78, 5) is 49.8. The summed E-state index contributed by atoms with van der Waals surface area (Å²) in [6.45, 7) is 7.99. The van der Waals surface area contributed by atoms with Crippen molar-refractivity contribution in [2.45, 2.75) is 44.8 Å². The van der Waals surface area contributed by atoms with Gasteiger partial charge in [-0.05, 0) is 77.6 Å². The molecule has 3 heterocycles. The zero-order valence-electron chi connectivity index (χ0n) is 22.9. The van der Waals surface area contributed by atoms with Gasteiger partial charge < -0.3 is 20.4 Å². The number of piperazine rings is 1. The second kappa shape index (κ2) is 11.6. The Morgan fingerprint density at radius 3 is 2.16 bits per heavy atom. The number of nitrogens with two attached hydrogens (primary N) is 1. The predicted octanol–water partition coefficient (Wildman–Crippen LogP) is 1.17. The Kier molecular flexibility index (Phi) is 8.49. The fraction of sp³-hybridized carbons (Fsp3) is 0.556. The maximum absolute atomic E-state index is 12.7. The maximum Gasteiger partial charge on any atom is 0.354 e. The molecular formula is C27H40N8O3. The van der Waals surface area contributed by atoms with Crippen molar-refractivity contribution in [1.29, 1.82) is 0 Å². The van der Waals surface area contributed by atoms with E-state index in [4.69, 9.17) is 5.73 Å². The van der Waals surface area contributed by atoms with Gasteiger partial charge in [0.15, 0.2) is 0 Å². The molecule has 4 rings (SSSR count). The molecule has 0 bridgehead atoms. The number of likely N-dealkylation sites (tertiary alicyclic amines) is 1. The fourth-order valence-corrected chi connectivity index (χ4v) is 4.99. The number of nitrogens with zero attached hydrogens (tertiary/aromatic N) is 6. The molecule has 2 aliphatic heterocycles. The third-order valence-electron chi connectivity index (χ3n) is 7.35. The summed E-state index contributed by atoms with van der Waals surface area (Å²) in [7, 11) is 4.29. The number of benzene rings is 1. The highest BCUT2D eigenvalue weighted by Gasteiger charge is 2.31. The van der Waals surface area contributed by atoms with Crippen LogP contribution in [-0.2, 0) is 11.3 Å². The van der Waals surface area contributed by atoms with Crippen LogP contribution in [-0.4, -0.2) is 106 Å². The van der Waals surface area contributed by atoms with Crippen molar-refractivity contribution in [3.8, 4) is 5.69 Å².